The number of carbonyl (C=O) groups is 1. The van der Waals surface area contributed by atoms with Crippen LogP contribution in [0.3, 0.4) is 0 Å². The maximum absolute atomic E-state index is 11.6. The molecule has 0 bridgehead atoms. The van der Waals surface area contributed by atoms with Crippen LogP contribution in [0.15, 0.2) is 12.2 Å². The lowest BCUT2D eigenvalue weighted by Gasteiger charge is -2.29. The number of ether oxygens (including phenoxy) is 1. The third-order valence-corrected chi connectivity index (χ3v) is 1.79. The summed E-state index contributed by atoms with van der Waals surface area (Å²) in [5.41, 5.74) is 5.25. The Morgan fingerprint density at radius 1 is 1.53 bits per heavy atom. The van der Waals surface area contributed by atoms with Gasteiger partial charge in [0.25, 0.3) is 0 Å². The van der Waals surface area contributed by atoms with Gasteiger partial charge in [-0.05, 0) is 20.8 Å². The van der Waals surface area contributed by atoms with Gasteiger partial charge in [0, 0.05) is 19.1 Å². The summed E-state index contributed by atoms with van der Waals surface area (Å²) in [7, 11) is 0. The van der Waals surface area contributed by atoms with E-state index in [1.807, 2.05) is 32.9 Å². The molecule has 5 heteroatoms. The smallest absolute Gasteiger partial charge is 0.410 e. The molecule has 0 fully saturated rings. The van der Waals surface area contributed by atoms with E-state index >= 15 is 0 Å². The lowest BCUT2D eigenvalue weighted by atomic mass is 10.2. The summed E-state index contributed by atoms with van der Waals surface area (Å²) in [6, 6.07) is -0.0729. The average molecular weight is 235 g/mol. The Morgan fingerprint density at radius 3 is 2.60 bits per heavy atom. The molecule has 15 heavy (non-hydrogen) atoms. The predicted octanol–water partition coefficient (Wildman–Crippen LogP) is 1.54. The van der Waals surface area contributed by atoms with E-state index in [0.717, 1.165) is 0 Å². The van der Waals surface area contributed by atoms with E-state index in [-0.39, 0.29) is 24.5 Å². The maximum Gasteiger partial charge on any atom is 0.410 e. The van der Waals surface area contributed by atoms with E-state index in [0.29, 0.717) is 13.1 Å². The summed E-state index contributed by atoms with van der Waals surface area (Å²) in [5, 5.41) is 0. The maximum atomic E-state index is 11.6. The van der Waals surface area contributed by atoms with E-state index < -0.39 is 5.60 Å². The molecule has 0 saturated carbocycles. The summed E-state index contributed by atoms with van der Waals surface area (Å²) in [6.07, 6.45) is 3.50. The molecule has 1 atom stereocenters. The van der Waals surface area contributed by atoms with Gasteiger partial charge in [-0.2, -0.15) is 0 Å². The zero-order valence-electron chi connectivity index (χ0n) is 9.40. The third kappa shape index (κ3) is 5.04. The molecule has 1 rings (SSSR count). The Labute approximate surface area is 96.9 Å². The van der Waals surface area contributed by atoms with Crippen LogP contribution in [0.4, 0.5) is 4.79 Å². The molecule has 1 aliphatic heterocycles. The fourth-order valence-electron chi connectivity index (χ4n) is 1.23. The van der Waals surface area contributed by atoms with Crippen LogP contribution in [-0.2, 0) is 4.74 Å². The van der Waals surface area contributed by atoms with Gasteiger partial charge >= 0.3 is 6.09 Å². The van der Waals surface area contributed by atoms with Crippen molar-refractivity contribution in [2.24, 2.45) is 5.73 Å². The van der Waals surface area contributed by atoms with Gasteiger partial charge in [0.05, 0.1) is 0 Å². The van der Waals surface area contributed by atoms with Crippen molar-refractivity contribution in [1.29, 1.82) is 0 Å². The standard InChI is InChI=1S/C10H18N2O2.ClH/c1-10(2,3)14-9(13)12-6-4-5-8(11)7-12;/h4-5,8H,6-7,11H2,1-3H3;1H. The molecule has 1 aliphatic rings. The van der Waals surface area contributed by atoms with E-state index in [2.05, 4.69) is 0 Å². The second-order valence-electron chi connectivity index (χ2n) is 4.48. The fourth-order valence-corrected chi connectivity index (χ4v) is 1.23. The molecule has 0 aromatic heterocycles. The highest BCUT2D eigenvalue weighted by Crippen LogP contribution is 2.11. The monoisotopic (exact) mass is 234 g/mol. The van der Waals surface area contributed by atoms with Gasteiger partial charge in [-0.1, -0.05) is 12.2 Å². The van der Waals surface area contributed by atoms with Crippen molar-refractivity contribution in [3.05, 3.63) is 12.2 Å². The Kier molecular flexibility index (Phi) is 5.11. The molecule has 0 aromatic carbocycles. The molecule has 0 saturated heterocycles. The first-order valence-corrected chi connectivity index (χ1v) is 4.78. The van der Waals surface area contributed by atoms with Gasteiger partial charge in [-0.15, -0.1) is 12.4 Å². The number of nitrogens with two attached hydrogens (primary N) is 1. The van der Waals surface area contributed by atoms with E-state index in [9.17, 15) is 4.79 Å². The van der Waals surface area contributed by atoms with Crippen LogP contribution in [0.5, 0.6) is 0 Å². The van der Waals surface area contributed by atoms with Gasteiger partial charge in [0.1, 0.15) is 5.60 Å². The van der Waals surface area contributed by atoms with Crippen molar-refractivity contribution in [2.75, 3.05) is 13.1 Å². The van der Waals surface area contributed by atoms with Crippen LogP contribution in [0.25, 0.3) is 0 Å². The zero-order chi connectivity index (χ0) is 10.8. The minimum Gasteiger partial charge on any atom is -0.444 e. The summed E-state index contributed by atoms with van der Waals surface area (Å²) in [4.78, 5) is 13.2. The SMILES string of the molecule is CC(C)(C)OC(=O)N1CC=CC(N)C1.Cl. The molecule has 0 radical (unpaired) electrons. The molecule has 0 aliphatic carbocycles. The number of carbonyl (C=O) groups excluding carboxylic acids is 1. The number of hydrogen-bond donors (Lipinski definition) is 1. The van der Waals surface area contributed by atoms with Gasteiger partial charge in [0.2, 0.25) is 0 Å². The molecule has 1 unspecified atom stereocenters. The lowest BCUT2D eigenvalue weighted by Crippen LogP contribution is -2.45. The Balaban J connectivity index is 0.00000196. The van der Waals surface area contributed by atoms with E-state index in [1.54, 1.807) is 4.90 Å². The number of amides is 1. The molecule has 2 N–H and O–H groups in total. The van der Waals surface area contributed by atoms with E-state index in [4.69, 9.17) is 10.5 Å². The number of rotatable bonds is 0. The largest absolute Gasteiger partial charge is 0.444 e. The number of halogens is 1. The normalized spacial score (nSPS) is 20.8. The highest BCUT2D eigenvalue weighted by Gasteiger charge is 2.23. The molecular weight excluding hydrogens is 216 g/mol. The Morgan fingerprint density at radius 2 is 2.13 bits per heavy atom. The minimum atomic E-state index is -0.442. The predicted molar refractivity (Wildman–Crippen MR) is 62.2 cm³/mol. The highest BCUT2D eigenvalue weighted by molar-refractivity contribution is 5.85. The first-order chi connectivity index (χ1) is 6.38. The first-order valence-electron chi connectivity index (χ1n) is 4.78. The summed E-state index contributed by atoms with van der Waals surface area (Å²) >= 11 is 0. The van der Waals surface area contributed by atoms with Gasteiger partial charge in [-0.3, -0.25) is 0 Å². The quantitative estimate of drug-likeness (QED) is 0.647. The molecule has 1 heterocycles. The average Bonchev–Trinajstić information content (AvgIpc) is 2.01. The Hall–Kier alpha value is -0.740. The van der Waals surface area contributed by atoms with E-state index in [1.165, 1.54) is 0 Å². The van der Waals surface area contributed by atoms with Crippen molar-refractivity contribution in [1.82, 2.24) is 4.90 Å². The van der Waals surface area contributed by atoms with Crippen molar-refractivity contribution in [3.63, 3.8) is 0 Å². The fraction of sp³-hybridized carbons (Fsp3) is 0.700. The van der Waals surface area contributed by atoms with Gasteiger partial charge in [0.15, 0.2) is 0 Å². The lowest BCUT2D eigenvalue weighted by molar-refractivity contribution is 0.0260. The van der Waals surface area contributed by atoms with Crippen LogP contribution >= 0.6 is 12.4 Å². The summed E-state index contributed by atoms with van der Waals surface area (Å²) < 4.78 is 5.22. The van der Waals surface area contributed by atoms with Crippen LogP contribution in [0, 0.1) is 0 Å². The second-order valence-corrected chi connectivity index (χ2v) is 4.48. The van der Waals surface area contributed by atoms with Gasteiger partial charge in [-0.25, -0.2) is 4.79 Å². The number of nitrogens with zero attached hydrogens (tertiary/aromatic N) is 1. The number of hydrogen-bond acceptors (Lipinski definition) is 3. The summed E-state index contributed by atoms with van der Waals surface area (Å²) in [5.74, 6) is 0. The molecule has 1 amide bonds. The highest BCUT2D eigenvalue weighted by atomic mass is 35.5. The minimum absolute atomic E-state index is 0. The van der Waals surface area contributed by atoms with Crippen molar-refractivity contribution >= 4 is 18.5 Å². The molecule has 0 spiro atoms. The van der Waals surface area contributed by atoms with Gasteiger partial charge < -0.3 is 15.4 Å². The molecule has 0 aromatic rings. The van der Waals surface area contributed by atoms with Crippen molar-refractivity contribution < 1.29 is 9.53 Å². The second kappa shape index (κ2) is 5.37. The first kappa shape index (κ1) is 14.3. The molecule has 4 nitrogen and oxygen atoms in total. The zero-order valence-corrected chi connectivity index (χ0v) is 10.2. The van der Waals surface area contributed by atoms with Crippen molar-refractivity contribution in [2.45, 2.75) is 32.4 Å². The van der Waals surface area contributed by atoms with Crippen LogP contribution in [-0.4, -0.2) is 35.7 Å². The molecular formula is C10H19ClN2O2. The van der Waals surface area contributed by atoms with Crippen molar-refractivity contribution in [3.8, 4) is 0 Å². The summed E-state index contributed by atoms with van der Waals surface area (Å²) in [6.45, 7) is 6.67. The Bertz CT molecular complexity index is 248. The van der Waals surface area contributed by atoms with Crippen LogP contribution < -0.4 is 5.73 Å². The van der Waals surface area contributed by atoms with Crippen LogP contribution in [0.1, 0.15) is 20.8 Å². The topological polar surface area (TPSA) is 55.6 Å². The molecule has 88 valence electrons. The third-order valence-electron chi connectivity index (χ3n) is 1.79. The van der Waals surface area contributed by atoms with Crippen LogP contribution in [0.2, 0.25) is 0 Å².